The number of carbonyl (C=O) groups excluding carboxylic acids is 3. The van der Waals surface area contributed by atoms with E-state index in [0.717, 1.165) is 17.5 Å². The summed E-state index contributed by atoms with van der Waals surface area (Å²) in [5, 5.41) is 1.49. The normalized spacial score (nSPS) is 13.2. The third-order valence-corrected chi connectivity index (χ3v) is 12.8. The van der Waals surface area contributed by atoms with Crippen LogP contribution >= 0.6 is 46.4 Å². The van der Waals surface area contributed by atoms with E-state index in [1.54, 1.807) is 24.3 Å². The number of nitrogens with one attached hydrogen (secondary N) is 1. The lowest BCUT2D eigenvalue weighted by Crippen LogP contribution is -2.67. The molecule has 3 aromatic carbocycles. The number of methoxy groups -OCH3 is 1. The smallest absolute Gasteiger partial charge is 0.429 e. The van der Waals surface area contributed by atoms with Crippen LogP contribution in [0.2, 0.25) is 5.04 Å². The van der Waals surface area contributed by atoms with E-state index in [4.69, 9.17) is 65.0 Å². The Morgan fingerprint density at radius 2 is 1.34 bits per heavy atom. The van der Waals surface area contributed by atoms with Gasteiger partial charge in [0.1, 0.15) is 13.2 Å². The molecule has 14 heteroatoms. The molecule has 254 valence electrons. The second kappa shape index (κ2) is 17.4. The molecule has 3 rings (SSSR count). The van der Waals surface area contributed by atoms with E-state index < -0.39 is 48.3 Å². The standard InChI is InChI=1S/C33H38Cl4N2O7Si/c1-32(2,3)47(26-16-10-6-11-17-26,27-18-12-7-13-19-27)46-22-25(34)20-28(29(40)43-4)39(31(42)45-23-33(35,36)37)38-30(41)44-21-24-14-8-5-9-15-24/h5-19,25,28H,20-23H2,1-4H3,(H,38,41)/t25-,28+/m0/s1. The van der Waals surface area contributed by atoms with Gasteiger partial charge in [0.05, 0.1) is 19.1 Å². The van der Waals surface area contributed by atoms with E-state index in [1.165, 1.54) is 0 Å². The van der Waals surface area contributed by atoms with Crippen molar-refractivity contribution in [3.8, 4) is 0 Å². The summed E-state index contributed by atoms with van der Waals surface area (Å²) in [5.41, 5.74) is 2.96. The SMILES string of the molecule is COC(=O)[C@@H](C[C@H](Cl)CO[Si](c1ccccc1)(c1ccccc1)C(C)(C)C)N(NC(=O)OCc1ccccc1)C(=O)OCC(Cl)(Cl)Cl. The van der Waals surface area contributed by atoms with Crippen molar-refractivity contribution >= 4 is 83.3 Å². The van der Waals surface area contributed by atoms with Gasteiger partial charge in [-0.3, -0.25) is 0 Å². The maximum atomic E-state index is 13.2. The van der Waals surface area contributed by atoms with Gasteiger partial charge in [-0.15, -0.1) is 11.6 Å². The zero-order chi connectivity index (χ0) is 34.7. The average molecular weight is 745 g/mol. The predicted octanol–water partition coefficient (Wildman–Crippen LogP) is 6.75. The van der Waals surface area contributed by atoms with E-state index in [9.17, 15) is 14.4 Å². The number of benzene rings is 3. The summed E-state index contributed by atoms with van der Waals surface area (Å²) in [6.07, 6.45) is -2.47. The van der Waals surface area contributed by atoms with Crippen LogP contribution in [0.1, 0.15) is 32.8 Å². The highest BCUT2D eigenvalue weighted by molar-refractivity contribution is 6.99. The van der Waals surface area contributed by atoms with Crippen molar-refractivity contribution in [2.45, 2.75) is 54.0 Å². The van der Waals surface area contributed by atoms with E-state index >= 15 is 0 Å². The molecule has 0 saturated carbocycles. The zero-order valence-electron chi connectivity index (χ0n) is 26.5. The summed E-state index contributed by atoms with van der Waals surface area (Å²) < 4.78 is 20.3. The molecule has 2 atom stereocenters. The van der Waals surface area contributed by atoms with E-state index in [2.05, 4.69) is 26.2 Å². The molecule has 2 amide bonds. The van der Waals surface area contributed by atoms with Crippen molar-refractivity contribution in [1.29, 1.82) is 0 Å². The number of alkyl halides is 4. The van der Waals surface area contributed by atoms with E-state index in [0.29, 0.717) is 10.6 Å². The number of carbonyl (C=O) groups is 3. The van der Waals surface area contributed by atoms with E-state index in [1.807, 2.05) is 66.7 Å². The number of amides is 2. The molecule has 0 aliphatic heterocycles. The maximum absolute atomic E-state index is 13.2. The van der Waals surface area contributed by atoms with Crippen LogP contribution in [0.15, 0.2) is 91.0 Å². The Morgan fingerprint density at radius 1 is 0.830 bits per heavy atom. The van der Waals surface area contributed by atoms with Gasteiger partial charge in [0.15, 0.2) is 6.04 Å². The highest BCUT2D eigenvalue weighted by Crippen LogP contribution is 2.37. The lowest BCUT2D eigenvalue weighted by atomic mass is 10.1. The number of esters is 1. The molecular weight excluding hydrogens is 706 g/mol. The molecular formula is C33H38Cl4N2O7Si. The molecule has 3 aromatic rings. The van der Waals surface area contributed by atoms with Gasteiger partial charge < -0.3 is 18.6 Å². The van der Waals surface area contributed by atoms with Crippen LogP contribution in [0, 0.1) is 0 Å². The second-order valence-electron chi connectivity index (χ2n) is 11.6. The highest BCUT2D eigenvalue weighted by Gasteiger charge is 2.50. The first-order chi connectivity index (χ1) is 22.2. The molecule has 47 heavy (non-hydrogen) atoms. The van der Waals surface area contributed by atoms with Crippen molar-refractivity contribution in [2.75, 3.05) is 20.3 Å². The van der Waals surface area contributed by atoms with Gasteiger partial charge in [0.2, 0.25) is 3.79 Å². The number of ether oxygens (including phenoxy) is 3. The summed E-state index contributed by atoms with van der Waals surface area (Å²) in [5.74, 6) is -0.893. The first-order valence-corrected chi connectivity index (χ1v) is 18.1. The summed E-state index contributed by atoms with van der Waals surface area (Å²) in [6, 6.07) is 27.3. The monoisotopic (exact) mass is 742 g/mol. The van der Waals surface area contributed by atoms with Crippen LogP contribution in [0.4, 0.5) is 9.59 Å². The van der Waals surface area contributed by atoms with Crippen LogP contribution in [-0.2, 0) is 30.0 Å². The fourth-order valence-corrected chi connectivity index (χ4v) is 10.2. The van der Waals surface area contributed by atoms with Crippen molar-refractivity contribution in [2.24, 2.45) is 0 Å². The number of hydrazine groups is 1. The Labute approximate surface area is 296 Å². The van der Waals surface area contributed by atoms with Gasteiger partial charge in [-0.1, -0.05) is 147 Å². The van der Waals surface area contributed by atoms with Crippen molar-refractivity contribution in [3.63, 3.8) is 0 Å². The Kier molecular flexibility index (Phi) is 14.3. The van der Waals surface area contributed by atoms with Gasteiger partial charge in [-0.25, -0.2) is 24.8 Å². The quantitative estimate of drug-likeness (QED) is 0.0720. The minimum Gasteiger partial charge on any atom is -0.467 e. The Bertz CT molecular complexity index is 1400. The average Bonchev–Trinajstić information content (AvgIpc) is 3.04. The summed E-state index contributed by atoms with van der Waals surface area (Å²) in [4.78, 5) is 39.2. The third kappa shape index (κ3) is 11.0. The molecule has 0 fully saturated rings. The van der Waals surface area contributed by atoms with Crippen LogP contribution < -0.4 is 15.8 Å². The minimum absolute atomic E-state index is 0.0160. The number of nitrogens with zero attached hydrogens (tertiary/aromatic N) is 1. The second-order valence-corrected chi connectivity index (χ2v) is 19.0. The lowest BCUT2D eigenvalue weighted by molar-refractivity contribution is -0.147. The maximum Gasteiger partial charge on any atom is 0.429 e. The van der Waals surface area contributed by atoms with Crippen molar-refractivity contribution in [3.05, 3.63) is 96.6 Å². The summed E-state index contributed by atoms with van der Waals surface area (Å²) in [6.45, 7) is 5.55. The number of hydrogen-bond donors (Lipinski definition) is 1. The first-order valence-electron chi connectivity index (χ1n) is 14.6. The fraction of sp³-hybridized carbons (Fsp3) is 0.364. The van der Waals surface area contributed by atoms with Crippen molar-refractivity contribution in [1.82, 2.24) is 10.4 Å². The molecule has 0 saturated heterocycles. The van der Waals surface area contributed by atoms with Crippen LogP contribution in [0.5, 0.6) is 0 Å². The molecule has 0 aromatic heterocycles. The molecule has 0 radical (unpaired) electrons. The Hall–Kier alpha value is -2.99. The number of rotatable bonds is 12. The number of halogens is 4. The largest absolute Gasteiger partial charge is 0.467 e. The topological polar surface area (TPSA) is 103 Å². The predicted molar refractivity (Wildman–Crippen MR) is 187 cm³/mol. The molecule has 0 unspecified atom stereocenters. The molecule has 0 bridgehead atoms. The van der Waals surface area contributed by atoms with Gasteiger partial charge in [0.25, 0.3) is 8.32 Å². The molecule has 0 aliphatic carbocycles. The molecule has 0 spiro atoms. The van der Waals surface area contributed by atoms with Crippen LogP contribution in [-0.4, -0.2) is 67.0 Å². The highest BCUT2D eigenvalue weighted by atomic mass is 35.6. The Morgan fingerprint density at radius 3 is 1.81 bits per heavy atom. The van der Waals surface area contributed by atoms with E-state index in [-0.39, 0.29) is 24.7 Å². The van der Waals surface area contributed by atoms with Gasteiger partial charge in [0, 0.05) is 0 Å². The van der Waals surface area contributed by atoms with Gasteiger partial charge in [-0.05, 0) is 27.4 Å². The minimum atomic E-state index is -2.99. The van der Waals surface area contributed by atoms with Crippen LogP contribution in [0.3, 0.4) is 0 Å². The van der Waals surface area contributed by atoms with Gasteiger partial charge >= 0.3 is 18.2 Å². The summed E-state index contributed by atoms with van der Waals surface area (Å²) >= 11 is 24.2. The lowest BCUT2D eigenvalue weighted by Gasteiger charge is -2.43. The first kappa shape index (κ1) is 38.5. The van der Waals surface area contributed by atoms with Crippen molar-refractivity contribution < 1.29 is 33.0 Å². The molecule has 0 heterocycles. The molecule has 1 N–H and O–H groups in total. The zero-order valence-corrected chi connectivity index (χ0v) is 30.5. The summed E-state index contributed by atoms with van der Waals surface area (Å²) in [7, 11) is -1.86. The number of hydrogen-bond acceptors (Lipinski definition) is 7. The van der Waals surface area contributed by atoms with Crippen LogP contribution in [0.25, 0.3) is 0 Å². The molecule has 9 nitrogen and oxygen atoms in total. The fourth-order valence-electron chi connectivity index (χ4n) is 5.05. The van der Waals surface area contributed by atoms with Gasteiger partial charge in [-0.2, -0.15) is 0 Å². The third-order valence-electron chi connectivity index (χ3n) is 7.14. The molecule has 0 aliphatic rings. The Balaban J connectivity index is 1.89.